The number of benzene rings is 2. The lowest BCUT2D eigenvalue weighted by Gasteiger charge is -2.08. The van der Waals surface area contributed by atoms with Crippen molar-refractivity contribution in [3.8, 4) is 11.8 Å². The summed E-state index contributed by atoms with van der Waals surface area (Å²) in [4.78, 5) is 23.3. The quantitative estimate of drug-likeness (QED) is 0.831. The Morgan fingerprint density at radius 2 is 1.74 bits per heavy atom. The predicted molar refractivity (Wildman–Crippen MR) is 86.3 cm³/mol. The first-order chi connectivity index (χ1) is 11.1. The van der Waals surface area contributed by atoms with Crippen LogP contribution in [0.2, 0.25) is 0 Å². The summed E-state index contributed by atoms with van der Waals surface area (Å²) in [5.74, 6) is 0.283. The molecule has 0 saturated heterocycles. The SMILES string of the molecule is CCC(=O)c1ccc(OCC(=O)Nc2ccc(C#N)cc2)cc1. The number of carbonyl (C=O) groups is 2. The molecule has 0 unspecified atom stereocenters. The van der Waals surface area contributed by atoms with Crippen molar-refractivity contribution in [1.82, 2.24) is 0 Å². The number of hydrogen-bond donors (Lipinski definition) is 1. The number of rotatable bonds is 6. The summed E-state index contributed by atoms with van der Waals surface area (Å²) in [5.41, 5.74) is 1.75. The molecule has 23 heavy (non-hydrogen) atoms. The molecule has 0 bridgehead atoms. The Balaban J connectivity index is 1.86. The van der Waals surface area contributed by atoms with Crippen LogP contribution in [0.1, 0.15) is 29.3 Å². The minimum atomic E-state index is -0.302. The summed E-state index contributed by atoms with van der Waals surface area (Å²) in [6, 6.07) is 15.3. The summed E-state index contributed by atoms with van der Waals surface area (Å²) in [7, 11) is 0. The van der Waals surface area contributed by atoms with Crippen molar-refractivity contribution in [2.75, 3.05) is 11.9 Å². The van der Waals surface area contributed by atoms with E-state index in [1.54, 1.807) is 55.5 Å². The average molecular weight is 308 g/mol. The molecule has 2 aromatic rings. The maximum Gasteiger partial charge on any atom is 0.262 e. The van der Waals surface area contributed by atoms with Gasteiger partial charge in [0.2, 0.25) is 0 Å². The van der Waals surface area contributed by atoms with Gasteiger partial charge in [-0.05, 0) is 48.5 Å². The normalized spacial score (nSPS) is 9.74. The van der Waals surface area contributed by atoms with Crippen molar-refractivity contribution >= 4 is 17.4 Å². The summed E-state index contributed by atoms with van der Waals surface area (Å²) >= 11 is 0. The molecular formula is C18H16N2O3. The molecule has 0 saturated carbocycles. The van der Waals surface area contributed by atoms with Crippen LogP contribution in [-0.2, 0) is 4.79 Å². The van der Waals surface area contributed by atoms with Crippen molar-refractivity contribution in [3.63, 3.8) is 0 Å². The van der Waals surface area contributed by atoms with E-state index in [4.69, 9.17) is 10.00 Å². The first kappa shape index (κ1) is 16.2. The van der Waals surface area contributed by atoms with Gasteiger partial charge in [-0.2, -0.15) is 5.26 Å². The van der Waals surface area contributed by atoms with Crippen molar-refractivity contribution in [1.29, 1.82) is 5.26 Å². The zero-order valence-corrected chi connectivity index (χ0v) is 12.7. The molecule has 2 rings (SSSR count). The topological polar surface area (TPSA) is 79.2 Å². The number of nitrogens with one attached hydrogen (secondary N) is 1. The molecule has 0 aliphatic heterocycles. The highest BCUT2D eigenvalue weighted by Gasteiger charge is 2.06. The fourth-order valence-corrected chi connectivity index (χ4v) is 1.92. The van der Waals surface area contributed by atoms with Gasteiger partial charge in [0.25, 0.3) is 5.91 Å². The number of nitriles is 1. The maximum absolute atomic E-state index is 11.8. The summed E-state index contributed by atoms with van der Waals surface area (Å²) in [6.45, 7) is 1.67. The van der Waals surface area contributed by atoms with Gasteiger partial charge in [0.05, 0.1) is 11.6 Å². The van der Waals surface area contributed by atoms with E-state index in [0.717, 1.165) is 0 Å². The lowest BCUT2D eigenvalue weighted by atomic mass is 10.1. The standard InChI is InChI=1S/C18H16N2O3/c1-2-17(21)14-5-9-16(10-6-14)23-12-18(22)20-15-7-3-13(11-19)4-8-15/h3-10H,2,12H2,1H3,(H,20,22). The van der Waals surface area contributed by atoms with Crippen LogP contribution in [0.3, 0.4) is 0 Å². The zero-order chi connectivity index (χ0) is 16.7. The number of ketones is 1. The highest BCUT2D eigenvalue weighted by atomic mass is 16.5. The first-order valence-electron chi connectivity index (χ1n) is 7.18. The second-order valence-electron chi connectivity index (χ2n) is 4.83. The Kier molecular flexibility index (Phi) is 5.48. The van der Waals surface area contributed by atoms with Gasteiger partial charge in [-0.25, -0.2) is 0 Å². The number of nitrogens with zero attached hydrogens (tertiary/aromatic N) is 1. The summed E-state index contributed by atoms with van der Waals surface area (Å²) in [6.07, 6.45) is 0.452. The van der Waals surface area contributed by atoms with Gasteiger partial charge in [0.15, 0.2) is 12.4 Å². The van der Waals surface area contributed by atoms with E-state index < -0.39 is 0 Å². The first-order valence-corrected chi connectivity index (χ1v) is 7.18. The number of anilines is 1. The van der Waals surface area contributed by atoms with Gasteiger partial charge >= 0.3 is 0 Å². The van der Waals surface area contributed by atoms with E-state index in [1.807, 2.05) is 6.07 Å². The smallest absolute Gasteiger partial charge is 0.262 e. The van der Waals surface area contributed by atoms with Gasteiger partial charge in [-0.15, -0.1) is 0 Å². The highest BCUT2D eigenvalue weighted by molar-refractivity contribution is 5.96. The van der Waals surface area contributed by atoms with Crippen LogP contribution in [-0.4, -0.2) is 18.3 Å². The molecule has 0 spiro atoms. The molecular weight excluding hydrogens is 292 g/mol. The van der Waals surface area contributed by atoms with E-state index in [9.17, 15) is 9.59 Å². The highest BCUT2D eigenvalue weighted by Crippen LogP contribution is 2.14. The lowest BCUT2D eigenvalue weighted by Crippen LogP contribution is -2.20. The second kappa shape index (κ2) is 7.76. The Morgan fingerprint density at radius 3 is 2.30 bits per heavy atom. The lowest BCUT2D eigenvalue weighted by molar-refractivity contribution is -0.118. The Hall–Kier alpha value is -3.13. The average Bonchev–Trinajstić information content (AvgIpc) is 2.60. The van der Waals surface area contributed by atoms with E-state index in [0.29, 0.717) is 29.0 Å². The molecule has 0 aliphatic carbocycles. The van der Waals surface area contributed by atoms with Crippen LogP contribution in [0, 0.1) is 11.3 Å². The van der Waals surface area contributed by atoms with Crippen molar-refractivity contribution in [3.05, 3.63) is 59.7 Å². The number of amides is 1. The number of Topliss-reactive ketones (excluding diaryl/α,β-unsaturated/α-hetero) is 1. The Labute approximate surface area is 134 Å². The number of hydrogen-bond acceptors (Lipinski definition) is 4. The Morgan fingerprint density at radius 1 is 1.09 bits per heavy atom. The minimum Gasteiger partial charge on any atom is -0.484 e. The number of carbonyl (C=O) groups excluding carboxylic acids is 2. The number of ether oxygens (including phenoxy) is 1. The molecule has 0 aromatic heterocycles. The van der Waals surface area contributed by atoms with E-state index in [2.05, 4.69) is 5.32 Å². The predicted octanol–water partition coefficient (Wildman–Crippen LogP) is 3.17. The molecule has 2 aromatic carbocycles. The molecule has 0 fully saturated rings. The van der Waals surface area contributed by atoms with Crippen LogP contribution in [0.4, 0.5) is 5.69 Å². The fourth-order valence-electron chi connectivity index (χ4n) is 1.92. The second-order valence-corrected chi connectivity index (χ2v) is 4.83. The molecule has 0 radical (unpaired) electrons. The van der Waals surface area contributed by atoms with Crippen LogP contribution < -0.4 is 10.1 Å². The van der Waals surface area contributed by atoms with Crippen LogP contribution >= 0.6 is 0 Å². The third kappa shape index (κ3) is 4.68. The van der Waals surface area contributed by atoms with E-state index >= 15 is 0 Å². The third-order valence-electron chi connectivity index (χ3n) is 3.17. The zero-order valence-electron chi connectivity index (χ0n) is 12.7. The molecule has 0 atom stereocenters. The van der Waals surface area contributed by atoms with E-state index in [-0.39, 0.29) is 18.3 Å². The van der Waals surface area contributed by atoms with E-state index in [1.165, 1.54) is 0 Å². The van der Waals surface area contributed by atoms with Gasteiger partial charge in [-0.3, -0.25) is 9.59 Å². The van der Waals surface area contributed by atoms with Gasteiger partial charge in [0, 0.05) is 17.7 Å². The van der Waals surface area contributed by atoms with Crippen molar-refractivity contribution in [2.45, 2.75) is 13.3 Å². The monoisotopic (exact) mass is 308 g/mol. The molecule has 0 aliphatic rings. The molecule has 1 N–H and O–H groups in total. The summed E-state index contributed by atoms with van der Waals surface area (Å²) < 4.78 is 5.38. The molecule has 0 heterocycles. The summed E-state index contributed by atoms with van der Waals surface area (Å²) in [5, 5.41) is 11.4. The third-order valence-corrected chi connectivity index (χ3v) is 3.17. The largest absolute Gasteiger partial charge is 0.484 e. The molecule has 1 amide bonds. The van der Waals surface area contributed by atoms with Crippen LogP contribution in [0.25, 0.3) is 0 Å². The van der Waals surface area contributed by atoms with Gasteiger partial charge in [0.1, 0.15) is 5.75 Å². The fraction of sp³-hybridized carbons (Fsp3) is 0.167. The van der Waals surface area contributed by atoms with Gasteiger partial charge < -0.3 is 10.1 Å². The van der Waals surface area contributed by atoms with Crippen molar-refractivity contribution < 1.29 is 14.3 Å². The molecule has 116 valence electrons. The molecule has 5 heteroatoms. The van der Waals surface area contributed by atoms with Crippen LogP contribution in [0.15, 0.2) is 48.5 Å². The maximum atomic E-state index is 11.8. The van der Waals surface area contributed by atoms with Crippen molar-refractivity contribution in [2.24, 2.45) is 0 Å². The minimum absolute atomic E-state index is 0.0649. The van der Waals surface area contributed by atoms with Crippen LogP contribution in [0.5, 0.6) is 5.75 Å². The molecule has 5 nitrogen and oxygen atoms in total. The Bertz CT molecular complexity index is 728. The van der Waals surface area contributed by atoms with Gasteiger partial charge in [-0.1, -0.05) is 6.92 Å².